The van der Waals surface area contributed by atoms with Gasteiger partial charge in [0.1, 0.15) is 11.5 Å². The topological polar surface area (TPSA) is 82.6 Å². The molecule has 1 saturated heterocycles. The molecule has 2 N–H and O–H groups in total. The molecule has 2 aromatic carbocycles. The molecule has 7 heteroatoms. The molecule has 5 rings (SSSR count). The SMILES string of the molecule is CCOc1ccc(Cl)c(/C(O)=C2\C(=O)C(=O)N(C3CCCC3)C2c2c[nH]c3ccccc23)c1. The molecule has 1 amide bonds. The summed E-state index contributed by atoms with van der Waals surface area (Å²) in [7, 11) is 0. The summed E-state index contributed by atoms with van der Waals surface area (Å²) in [5.41, 5.74) is 2.03. The number of aromatic nitrogens is 1. The number of aromatic amines is 1. The lowest BCUT2D eigenvalue weighted by molar-refractivity contribution is -0.141. The number of rotatable bonds is 5. The van der Waals surface area contributed by atoms with E-state index in [0.29, 0.717) is 12.4 Å². The highest BCUT2D eigenvalue weighted by molar-refractivity contribution is 6.47. The van der Waals surface area contributed by atoms with Crippen molar-refractivity contribution >= 4 is 40.0 Å². The van der Waals surface area contributed by atoms with Crippen molar-refractivity contribution in [2.24, 2.45) is 0 Å². The van der Waals surface area contributed by atoms with Crippen LogP contribution in [0, 0.1) is 0 Å². The molecule has 2 aliphatic rings. The minimum atomic E-state index is -0.698. The maximum absolute atomic E-state index is 13.4. The van der Waals surface area contributed by atoms with E-state index in [1.54, 1.807) is 23.1 Å². The molecule has 1 unspecified atom stereocenters. The third kappa shape index (κ3) is 3.59. The fourth-order valence-corrected chi connectivity index (χ4v) is 5.33. The van der Waals surface area contributed by atoms with Crippen molar-refractivity contribution in [2.75, 3.05) is 6.61 Å². The third-order valence-corrected chi connectivity index (χ3v) is 6.95. The highest BCUT2D eigenvalue weighted by atomic mass is 35.5. The number of carbonyl (C=O) groups is 2. The van der Waals surface area contributed by atoms with Crippen LogP contribution < -0.4 is 4.74 Å². The Bertz CT molecular complexity index is 1270. The average Bonchev–Trinajstić information content (AvgIpc) is 3.54. The van der Waals surface area contributed by atoms with E-state index in [0.717, 1.165) is 42.1 Å². The maximum Gasteiger partial charge on any atom is 0.295 e. The van der Waals surface area contributed by atoms with Crippen LogP contribution in [0.4, 0.5) is 0 Å². The standard InChI is InChI=1S/C26H25ClN2O4/c1-2-33-16-11-12-20(27)18(13-16)24(30)22-23(19-14-28-21-10-6-5-9-17(19)21)29(26(32)25(22)31)15-7-3-4-8-15/h5-6,9-15,23,28,30H,2-4,7-8H2,1H3/b24-22+. The van der Waals surface area contributed by atoms with Gasteiger partial charge in [-0.2, -0.15) is 0 Å². The van der Waals surface area contributed by atoms with Crippen LogP contribution in [0.1, 0.15) is 49.8 Å². The van der Waals surface area contributed by atoms with E-state index in [1.807, 2.05) is 37.4 Å². The summed E-state index contributed by atoms with van der Waals surface area (Å²) in [6.07, 6.45) is 5.53. The smallest absolute Gasteiger partial charge is 0.295 e. The van der Waals surface area contributed by atoms with Gasteiger partial charge >= 0.3 is 0 Å². The molecule has 0 radical (unpaired) electrons. The van der Waals surface area contributed by atoms with Gasteiger partial charge in [0.15, 0.2) is 0 Å². The molecule has 1 atom stereocenters. The predicted octanol–water partition coefficient (Wildman–Crippen LogP) is 5.58. The highest BCUT2D eigenvalue weighted by Gasteiger charge is 2.50. The number of H-pyrrole nitrogens is 1. The first-order valence-corrected chi connectivity index (χ1v) is 11.7. The van der Waals surface area contributed by atoms with Gasteiger partial charge < -0.3 is 19.7 Å². The van der Waals surface area contributed by atoms with E-state index < -0.39 is 17.7 Å². The molecule has 1 aliphatic carbocycles. The van der Waals surface area contributed by atoms with Crippen molar-refractivity contribution in [2.45, 2.75) is 44.7 Å². The zero-order valence-corrected chi connectivity index (χ0v) is 19.1. The fraction of sp³-hybridized carbons (Fsp3) is 0.308. The van der Waals surface area contributed by atoms with E-state index in [2.05, 4.69) is 4.98 Å². The number of halogens is 1. The third-order valence-electron chi connectivity index (χ3n) is 6.62. The Morgan fingerprint density at radius 2 is 1.94 bits per heavy atom. The number of para-hydroxylation sites is 1. The second-order valence-electron chi connectivity index (χ2n) is 8.51. The van der Waals surface area contributed by atoms with Crippen molar-refractivity contribution in [3.63, 3.8) is 0 Å². The van der Waals surface area contributed by atoms with Crippen LogP contribution in [-0.4, -0.2) is 39.3 Å². The number of carbonyl (C=O) groups excluding carboxylic acids is 2. The van der Waals surface area contributed by atoms with E-state index in [1.165, 1.54) is 0 Å². The number of nitrogens with zero attached hydrogens (tertiary/aromatic N) is 1. The van der Waals surface area contributed by atoms with Crippen LogP contribution in [0.2, 0.25) is 5.02 Å². The van der Waals surface area contributed by atoms with Gasteiger partial charge in [0.2, 0.25) is 0 Å². The number of likely N-dealkylation sites (tertiary alicyclic amines) is 1. The predicted molar refractivity (Wildman–Crippen MR) is 127 cm³/mol. The summed E-state index contributed by atoms with van der Waals surface area (Å²) in [6, 6.07) is 11.9. The van der Waals surface area contributed by atoms with Crippen molar-refractivity contribution in [1.82, 2.24) is 9.88 Å². The van der Waals surface area contributed by atoms with Gasteiger partial charge in [0.05, 0.1) is 23.2 Å². The second kappa shape index (κ2) is 8.60. The van der Waals surface area contributed by atoms with Gasteiger partial charge in [-0.3, -0.25) is 9.59 Å². The Morgan fingerprint density at radius 1 is 1.18 bits per heavy atom. The van der Waals surface area contributed by atoms with E-state index in [-0.39, 0.29) is 28.0 Å². The monoisotopic (exact) mass is 464 g/mol. The molecule has 1 aliphatic heterocycles. The van der Waals surface area contributed by atoms with E-state index >= 15 is 0 Å². The van der Waals surface area contributed by atoms with Gasteiger partial charge in [0, 0.05) is 34.3 Å². The lowest BCUT2D eigenvalue weighted by atomic mass is 9.94. The molecule has 0 spiro atoms. The number of hydrogen-bond acceptors (Lipinski definition) is 4. The largest absolute Gasteiger partial charge is 0.507 e. The zero-order valence-electron chi connectivity index (χ0n) is 18.3. The first kappa shape index (κ1) is 21.6. The van der Waals surface area contributed by atoms with Crippen LogP contribution >= 0.6 is 11.6 Å². The summed E-state index contributed by atoms with van der Waals surface area (Å²) in [4.78, 5) is 31.6. The van der Waals surface area contributed by atoms with Crippen molar-refractivity contribution in [3.05, 3.63) is 70.4 Å². The zero-order chi connectivity index (χ0) is 23.1. The quantitative estimate of drug-likeness (QED) is 0.293. The van der Waals surface area contributed by atoms with Crippen LogP contribution in [0.25, 0.3) is 16.7 Å². The second-order valence-corrected chi connectivity index (χ2v) is 8.92. The molecular formula is C26H25ClN2O4. The lowest BCUT2D eigenvalue weighted by Gasteiger charge is -2.30. The van der Waals surface area contributed by atoms with Gasteiger partial charge in [-0.15, -0.1) is 0 Å². The fourth-order valence-electron chi connectivity index (χ4n) is 5.12. The number of benzene rings is 2. The molecular weight excluding hydrogens is 440 g/mol. The van der Waals surface area contributed by atoms with Crippen molar-refractivity contribution in [3.8, 4) is 5.75 Å². The minimum Gasteiger partial charge on any atom is -0.507 e. The number of hydrogen-bond donors (Lipinski definition) is 2. The average molecular weight is 465 g/mol. The Morgan fingerprint density at radius 3 is 2.70 bits per heavy atom. The number of nitrogens with one attached hydrogen (secondary N) is 1. The summed E-state index contributed by atoms with van der Waals surface area (Å²) in [5, 5.41) is 12.6. The number of ketones is 1. The molecule has 1 aromatic heterocycles. The summed E-state index contributed by atoms with van der Waals surface area (Å²) in [6.45, 7) is 2.31. The van der Waals surface area contributed by atoms with Gasteiger partial charge in [0.25, 0.3) is 11.7 Å². The number of aliphatic hydroxyl groups is 1. The Hall–Kier alpha value is -3.25. The van der Waals surface area contributed by atoms with Crippen LogP contribution in [0.15, 0.2) is 54.2 Å². The molecule has 1 saturated carbocycles. The Labute approximate surface area is 196 Å². The molecule has 2 fully saturated rings. The molecule has 170 valence electrons. The Kier molecular flexibility index (Phi) is 5.62. The number of amides is 1. The van der Waals surface area contributed by atoms with E-state index in [4.69, 9.17) is 16.3 Å². The van der Waals surface area contributed by atoms with Crippen LogP contribution in [-0.2, 0) is 9.59 Å². The summed E-state index contributed by atoms with van der Waals surface area (Å²) >= 11 is 6.42. The maximum atomic E-state index is 13.4. The van der Waals surface area contributed by atoms with E-state index in [9.17, 15) is 14.7 Å². The number of fused-ring (bicyclic) bond motifs is 1. The summed E-state index contributed by atoms with van der Waals surface area (Å²) in [5.74, 6) is -1.02. The van der Waals surface area contributed by atoms with Crippen molar-refractivity contribution in [1.29, 1.82) is 0 Å². The number of ether oxygens (including phenoxy) is 1. The number of aliphatic hydroxyl groups excluding tert-OH is 1. The van der Waals surface area contributed by atoms with Gasteiger partial charge in [-0.25, -0.2) is 0 Å². The molecule has 33 heavy (non-hydrogen) atoms. The normalized spacial score (nSPS) is 20.8. The van der Waals surface area contributed by atoms with Gasteiger partial charge in [-0.1, -0.05) is 42.6 Å². The molecule has 2 heterocycles. The summed E-state index contributed by atoms with van der Waals surface area (Å²) < 4.78 is 5.56. The first-order chi connectivity index (χ1) is 16.0. The minimum absolute atomic E-state index is 0.0457. The van der Waals surface area contributed by atoms with Gasteiger partial charge in [-0.05, 0) is 44.0 Å². The number of Topliss-reactive ketones (excluding diaryl/α,β-unsaturated/α-hetero) is 1. The molecule has 3 aromatic rings. The first-order valence-electron chi connectivity index (χ1n) is 11.3. The van der Waals surface area contributed by atoms with Crippen LogP contribution in [0.5, 0.6) is 5.75 Å². The lowest BCUT2D eigenvalue weighted by Crippen LogP contribution is -2.37. The van der Waals surface area contributed by atoms with Crippen molar-refractivity contribution < 1.29 is 19.4 Å². The highest BCUT2D eigenvalue weighted by Crippen LogP contribution is 2.46. The Balaban J connectivity index is 1.73. The molecule has 6 nitrogen and oxygen atoms in total. The van der Waals surface area contributed by atoms with Crippen LogP contribution in [0.3, 0.4) is 0 Å². The molecule has 0 bridgehead atoms.